The summed E-state index contributed by atoms with van der Waals surface area (Å²) in [4.78, 5) is 25.4. The molecule has 1 aliphatic heterocycles. The van der Waals surface area contributed by atoms with E-state index in [4.69, 9.17) is 18.9 Å². The number of aliphatic hydroxyl groups excluding tert-OH is 3. The standard InChI is InChI=1S/C49H82O12S/c1-3-5-7-9-11-13-15-17-18-19-20-21-22-23-24-26-28-30-32-34-36-38-45(51)60-42(40-59-49-48(54)47(53)46(52)43(61-49)41-62(55,56)57)39-58-44(50)37-35-33-31-29-27-25-16-14-12-10-8-6-4-2/h5,7-8,10-11,13-14,16-18,20-21,42-43,46-49,52-54H,3-4,6,9,12,15,19,22-41H2,1-2H3,(H,55,56,57)/b7-5-,10-8-,13-11-,16-14-,18-17-,21-20-. The molecule has 1 heterocycles. The third-order valence-corrected chi connectivity index (χ3v) is 11.0. The van der Waals surface area contributed by atoms with Gasteiger partial charge in [0.15, 0.2) is 12.4 Å². The Balaban J connectivity index is 2.42. The van der Waals surface area contributed by atoms with E-state index in [0.717, 1.165) is 109 Å². The second-order valence-corrected chi connectivity index (χ2v) is 17.5. The van der Waals surface area contributed by atoms with Crippen molar-refractivity contribution >= 4 is 22.1 Å². The maximum absolute atomic E-state index is 12.8. The first-order chi connectivity index (χ1) is 30.0. The molecule has 1 rings (SSSR count). The number of rotatable bonds is 38. The maximum Gasteiger partial charge on any atom is 0.306 e. The van der Waals surface area contributed by atoms with E-state index in [1.165, 1.54) is 19.3 Å². The topological polar surface area (TPSA) is 186 Å². The van der Waals surface area contributed by atoms with Gasteiger partial charge in [0.05, 0.1) is 6.61 Å². The molecular weight excluding hydrogens is 813 g/mol. The van der Waals surface area contributed by atoms with Crippen molar-refractivity contribution in [2.75, 3.05) is 19.0 Å². The van der Waals surface area contributed by atoms with Crippen LogP contribution in [0.15, 0.2) is 72.9 Å². The lowest BCUT2D eigenvalue weighted by Gasteiger charge is -2.40. The predicted molar refractivity (Wildman–Crippen MR) is 247 cm³/mol. The van der Waals surface area contributed by atoms with Crippen LogP contribution < -0.4 is 0 Å². The van der Waals surface area contributed by atoms with Gasteiger partial charge in [0.2, 0.25) is 0 Å². The molecule has 1 fully saturated rings. The number of carbonyl (C=O) groups excluding carboxylic acids is 2. The lowest BCUT2D eigenvalue weighted by molar-refractivity contribution is -0.297. The van der Waals surface area contributed by atoms with E-state index in [1.807, 2.05) is 0 Å². The fourth-order valence-corrected chi connectivity index (χ4v) is 7.34. The summed E-state index contributed by atoms with van der Waals surface area (Å²) in [6.45, 7) is 3.56. The van der Waals surface area contributed by atoms with E-state index in [2.05, 4.69) is 86.8 Å². The minimum Gasteiger partial charge on any atom is -0.462 e. The molecular formula is C49H82O12S. The van der Waals surface area contributed by atoms with E-state index in [1.54, 1.807) is 0 Å². The van der Waals surface area contributed by atoms with Crippen LogP contribution in [0, 0.1) is 0 Å². The van der Waals surface area contributed by atoms with E-state index < -0.39 is 71.2 Å². The molecule has 356 valence electrons. The Morgan fingerprint density at radius 1 is 0.565 bits per heavy atom. The van der Waals surface area contributed by atoms with Crippen LogP contribution in [0.3, 0.4) is 0 Å². The maximum atomic E-state index is 12.8. The number of hydrogen-bond donors (Lipinski definition) is 4. The number of unbranched alkanes of at least 4 members (excludes halogenated alkanes) is 14. The van der Waals surface area contributed by atoms with Crippen molar-refractivity contribution in [3.63, 3.8) is 0 Å². The van der Waals surface area contributed by atoms with Crippen molar-refractivity contribution in [3.8, 4) is 0 Å². The lowest BCUT2D eigenvalue weighted by atomic mass is 10.00. The van der Waals surface area contributed by atoms with Gasteiger partial charge in [0.1, 0.15) is 36.8 Å². The average Bonchev–Trinajstić information content (AvgIpc) is 3.24. The number of allylic oxidation sites excluding steroid dienone is 12. The highest BCUT2D eigenvalue weighted by Crippen LogP contribution is 2.24. The van der Waals surface area contributed by atoms with Crippen molar-refractivity contribution in [1.82, 2.24) is 0 Å². The van der Waals surface area contributed by atoms with Crippen LogP contribution in [0.2, 0.25) is 0 Å². The van der Waals surface area contributed by atoms with Gasteiger partial charge in [-0.1, -0.05) is 151 Å². The Kier molecular flexibility index (Phi) is 35.5. The van der Waals surface area contributed by atoms with Gasteiger partial charge in [0, 0.05) is 12.8 Å². The summed E-state index contributed by atoms with van der Waals surface area (Å²) in [5.41, 5.74) is 0. The summed E-state index contributed by atoms with van der Waals surface area (Å²) in [6, 6.07) is 0. The first-order valence-electron chi connectivity index (χ1n) is 23.5. The molecule has 62 heavy (non-hydrogen) atoms. The zero-order valence-electron chi connectivity index (χ0n) is 37.9. The molecule has 0 radical (unpaired) electrons. The van der Waals surface area contributed by atoms with E-state index >= 15 is 0 Å². The smallest absolute Gasteiger partial charge is 0.306 e. The zero-order chi connectivity index (χ0) is 45.5. The molecule has 6 atom stereocenters. The number of carbonyl (C=O) groups is 2. The van der Waals surface area contributed by atoms with Gasteiger partial charge in [0.25, 0.3) is 10.1 Å². The summed E-state index contributed by atoms with van der Waals surface area (Å²) >= 11 is 0. The second-order valence-electron chi connectivity index (χ2n) is 16.0. The van der Waals surface area contributed by atoms with Crippen molar-refractivity contribution in [2.24, 2.45) is 0 Å². The van der Waals surface area contributed by atoms with Crippen LogP contribution >= 0.6 is 0 Å². The van der Waals surface area contributed by atoms with Gasteiger partial charge in [-0.3, -0.25) is 14.1 Å². The monoisotopic (exact) mass is 895 g/mol. The van der Waals surface area contributed by atoms with E-state index in [0.29, 0.717) is 12.8 Å². The summed E-state index contributed by atoms with van der Waals surface area (Å²) in [7, 11) is -4.61. The number of hydrogen-bond acceptors (Lipinski definition) is 11. The molecule has 4 N–H and O–H groups in total. The Morgan fingerprint density at radius 3 is 1.52 bits per heavy atom. The van der Waals surface area contributed by atoms with Crippen LogP contribution in [-0.4, -0.2) is 96.0 Å². The van der Waals surface area contributed by atoms with Crippen LogP contribution in [0.4, 0.5) is 0 Å². The molecule has 0 amide bonds. The lowest BCUT2D eigenvalue weighted by Crippen LogP contribution is -2.60. The summed E-state index contributed by atoms with van der Waals surface area (Å²) in [5, 5.41) is 30.9. The highest BCUT2D eigenvalue weighted by atomic mass is 32.2. The van der Waals surface area contributed by atoms with Crippen LogP contribution in [0.5, 0.6) is 0 Å². The fourth-order valence-electron chi connectivity index (χ4n) is 6.65. The first-order valence-corrected chi connectivity index (χ1v) is 25.1. The van der Waals surface area contributed by atoms with E-state index in [-0.39, 0.29) is 19.4 Å². The van der Waals surface area contributed by atoms with Gasteiger partial charge in [-0.25, -0.2) is 0 Å². The number of aliphatic hydroxyl groups is 3. The first kappa shape index (κ1) is 57.1. The largest absolute Gasteiger partial charge is 0.462 e. The van der Waals surface area contributed by atoms with Crippen LogP contribution in [-0.2, 0) is 38.7 Å². The molecule has 0 spiro atoms. The van der Waals surface area contributed by atoms with E-state index in [9.17, 15) is 37.9 Å². The molecule has 12 nitrogen and oxygen atoms in total. The van der Waals surface area contributed by atoms with Gasteiger partial charge >= 0.3 is 11.9 Å². The minimum absolute atomic E-state index is 0.148. The fraction of sp³-hybridized carbons (Fsp3) is 0.714. The number of esters is 2. The average molecular weight is 895 g/mol. The van der Waals surface area contributed by atoms with Crippen LogP contribution in [0.1, 0.15) is 168 Å². The quantitative estimate of drug-likeness (QED) is 0.0199. The Labute approximate surface area is 374 Å². The van der Waals surface area contributed by atoms with Crippen molar-refractivity contribution in [1.29, 1.82) is 0 Å². The molecule has 6 unspecified atom stereocenters. The van der Waals surface area contributed by atoms with Crippen molar-refractivity contribution in [2.45, 2.75) is 205 Å². The van der Waals surface area contributed by atoms with Gasteiger partial charge < -0.3 is 34.3 Å². The number of ether oxygens (including phenoxy) is 4. The summed E-state index contributed by atoms with van der Waals surface area (Å²) in [6.07, 6.45) is 39.4. The SMILES string of the molecule is CC/C=C\C/C=C\C/C=C\C/C=C\CCCCCCCCCCC(=O)OC(COC(=O)CCCCCCC/C=C\C/C=C\CCC)COC1OC(CS(=O)(=O)O)C(O)C(O)C1O. The second kappa shape index (κ2) is 38.5. The third kappa shape index (κ3) is 32.7. The van der Waals surface area contributed by atoms with Gasteiger partial charge in [-0.2, -0.15) is 8.42 Å². The highest BCUT2D eigenvalue weighted by molar-refractivity contribution is 7.85. The Bertz CT molecular complexity index is 1420. The summed E-state index contributed by atoms with van der Waals surface area (Å²) < 4.78 is 54.1. The molecule has 1 saturated heterocycles. The molecule has 0 aromatic rings. The zero-order valence-corrected chi connectivity index (χ0v) is 38.8. The van der Waals surface area contributed by atoms with Crippen LogP contribution in [0.25, 0.3) is 0 Å². The minimum atomic E-state index is -4.61. The molecule has 0 aromatic heterocycles. The summed E-state index contributed by atoms with van der Waals surface area (Å²) in [5.74, 6) is -2.02. The molecule has 0 saturated carbocycles. The third-order valence-electron chi connectivity index (χ3n) is 10.3. The van der Waals surface area contributed by atoms with Crippen molar-refractivity contribution in [3.05, 3.63) is 72.9 Å². The normalized spacial score (nSPS) is 20.5. The van der Waals surface area contributed by atoms with Gasteiger partial charge in [-0.15, -0.1) is 0 Å². The molecule has 0 aromatic carbocycles. The predicted octanol–water partition coefficient (Wildman–Crippen LogP) is 9.89. The Hall–Kier alpha value is -2.91. The van der Waals surface area contributed by atoms with Crippen molar-refractivity contribution < 1.29 is 56.8 Å². The van der Waals surface area contributed by atoms with Gasteiger partial charge in [-0.05, 0) is 77.0 Å². The molecule has 0 bridgehead atoms. The molecule has 0 aliphatic carbocycles. The molecule has 1 aliphatic rings. The molecule has 13 heteroatoms. The highest BCUT2D eigenvalue weighted by Gasteiger charge is 2.46. The Morgan fingerprint density at radius 2 is 1.02 bits per heavy atom.